The van der Waals surface area contributed by atoms with E-state index in [-0.39, 0.29) is 12.1 Å². The third-order valence-electron chi connectivity index (χ3n) is 4.48. The van der Waals surface area contributed by atoms with Gasteiger partial charge in [0.2, 0.25) is 0 Å². The van der Waals surface area contributed by atoms with E-state index in [0.29, 0.717) is 25.5 Å². The number of ether oxygens (including phenoxy) is 2. The molecule has 2 aromatic rings. The highest BCUT2D eigenvalue weighted by atomic mass is 16.6. The summed E-state index contributed by atoms with van der Waals surface area (Å²) in [5.74, 6) is 2.12. The minimum atomic E-state index is -0.180. The summed E-state index contributed by atoms with van der Waals surface area (Å²) in [4.78, 5) is 14.1. The van der Waals surface area contributed by atoms with E-state index in [4.69, 9.17) is 14.0 Å². The minimum absolute atomic E-state index is 0.115. The van der Waals surface area contributed by atoms with Gasteiger partial charge in [0.15, 0.2) is 17.3 Å². The van der Waals surface area contributed by atoms with Crippen LogP contribution in [0.3, 0.4) is 0 Å². The first-order valence-corrected chi connectivity index (χ1v) is 8.93. The van der Waals surface area contributed by atoms with Gasteiger partial charge in [-0.3, -0.25) is 0 Å². The average molecular weight is 359 g/mol. The summed E-state index contributed by atoms with van der Waals surface area (Å²) in [5.41, 5.74) is 1.89. The number of carbonyl (C=O) groups excluding carboxylic acids is 1. The van der Waals surface area contributed by atoms with Crippen LogP contribution in [0.25, 0.3) is 0 Å². The molecule has 1 aliphatic heterocycles. The first-order chi connectivity index (χ1) is 12.6. The number of nitrogens with zero attached hydrogens (tertiary/aromatic N) is 2. The van der Waals surface area contributed by atoms with E-state index in [9.17, 15) is 4.79 Å². The summed E-state index contributed by atoms with van der Waals surface area (Å²) in [5, 5.41) is 6.85. The molecular weight excluding hydrogens is 334 g/mol. The zero-order valence-corrected chi connectivity index (χ0v) is 15.4. The smallest absolute Gasteiger partial charge is 0.318 e. The SMILES string of the molecule is CCCc1cc(CNC(=O)N(C)[C@H](C)c2ccc3c(c2)OCCO3)on1. The number of carbonyl (C=O) groups is 1. The lowest BCUT2D eigenvalue weighted by Gasteiger charge is -2.27. The Hall–Kier alpha value is -2.70. The van der Waals surface area contributed by atoms with Crippen LogP contribution in [0.15, 0.2) is 28.8 Å². The Kier molecular flexibility index (Phi) is 5.65. The van der Waals surface area contributed by atoms with Crippen LogP contribution in [-0.2, 0) is 13.0 Å². The fourth-order valence-corrected chi connectivity index (χ4v) is 2.82. The van der Waals surface area contributed by atoms with Crippen LogP contribution in [0.4, 0.5) is 4.79 Å². The number of nitrogens with one attached hydrogen (secondary N) is 1. The Morgan fingerprint density at radius 1 is 1.27 bits per heavy atom. The van der Waals surface area contributed by atoms with Crippen molar-refractivity contribution in [1.82, 2.24) is 15.4 Å². The fraction of sp³-hybridized carbons (Fsp3) is 0.474. The summed E-state index contributed by atoms with van der Waals surface area (Å²) in [6, 6.07) is 7.35. The van der Waals surface area contributed by atoms with Crippen molar-refractivity contribution in [3.8, 4) is 11.5 Å². The van der Waals surface area contributed by atoms with Crippen LogP contribution < -0.4 is 14.8 Å². The maximum atomic E-state index is 12.4. The molecule has 1 N–H and O–H groups in total. The van der Waals surface area contributed by atoms with Gasteiger partial charge in [-0.1, -0.05) is 24.6 Å². The molecule has 2 amide bonds. The Labute approximate surface area is 153 Å². The predicted molar refractivity (Wildman–Crippen MR) is 96.3 cm³/mol. The molecule has 0 fully saturated rings. The van der Waals surface area contributed by atoms with Crippen molar-refractivity contribution in [3.63, 3.8) is 0 Å². The largest absolute Gasteiger partial charge is 0.486 e. The molecule has 7 heteroatoms. The first-order valence-electron chi connectivity index (χ1n) is 8.93. The molecule has 0 bridgehead atoms. The zero-order valence-electron chi connectivity index (χ0n) is 15.4. The van der Waals surface area contributed by atoms with E-state index in [1.54, 1.807) is 11.9 Å². The van der Waals surface area contributed by atoms with E-state index in [1.807, 2.05) is 31.2 Å². The number of hydrogen-bond donors (Lipinski definition) is 1. The number of urea groups is 1. The number of rotatable bonds is 6. The molecule has 0 unspecified atom stereocenters. The molecule has 7 nitrogen and oxygen atoms in total. The molecule has 0 saturated carbocycles. The molecule has 2 heterocycles. The zero-order chi connectivity index (χ0) is 18.5. The van der Waals surface area contributed by atoms with Crippen molar-refractivity contribution in [2.45, 2.75) is 39.3 Å². The lowest BCUT2D eigenvalue weighted by molar-refractivity contribution is 0.170. The molecule has 0 radical (unpaired) electrons. The molecule has 1 aliphatic rings. The Morgan fingerprint density at radius 3 is 2.81 bits per heavy atom. The summed E-state index contributed by atoms with van der Waals surface area (Å²) >= 11 is 0. The van der Waals surface area contributed by atoms with Gasteiger partial charge >= 0.3 is 6.03 Å². The Balaban J connectivity index is 1.58. The molecule has 26 heavy (non-hydrogen) atoms. The van der Waals surface area contributed by atoms with Crippen LogP contribution in [0.5, 0.6) is 11.5 Å². The highest BCUT2D eigenvalue weighted by Crippen LogP contribution is 2.33. The van der Waals surface area contributed by atoms with Crippen LogP contribution in [0.2, 0.25) is 0 Å². The van der Waals surface area contributed by atoms with Crippen molar-refractivity contribution < 1.29 is 18.8 Å². The number of aromatic nitrogens is 1. The molecule has 1 aromatic heterocycles. The summed E-state index contributed by atoms with van der Waals surface area (Å²) in [7, 11) is 1.76. The average Bonchev–Trinajstić information content (AvgIpc) is 3.12. The van der Waals surface area contributed by atoms with Crippen LogP contribution in [-0.4, -0.2) is 36.3 Å². The van der Waals surface area contributed by atoms with Gasteiger partial charge in [-0.05, 0) is 31.0 Å². The molecule has 3 rings (SSSR count). The number of amides is 2. The van der Waals surface area contributed by atoms with E-state index < -0.39 is 0 Å². The number of benzene rings is 1. The van der Waals surface area contributed by atoms with E-state index in [1.165, 1.54) is 0 Å². The monoisotopic (exact) mass is 359 g/mol. The second-order valence-corrected chi connectivity index (χ2v) is 6.38. The normalized spacial score (nSPS) is 14.0. The molecular formula is C19H25N3O4. The molecule has 1 atom stereocenters. The second-order valence-electron chi connectivity index (χ2n) is 6.38. The van der Waals surface area contributed by atoms with Gasteiger partial charge in [0.05, 0.1) is 18.3 Å². The first kappa shape index (κ1) is 18.1. The van der Waals surface area contributed by atoms with Crippen molar-refractivity contribution in [2.75, 3.05) is 20.3 Å². The van der Waals surface area contributed by atoms with Gasteiger partial charge in [0.25, 0.3) is 0 Å². The number of hydrogen-bond acceptors (Lipinski definition) is 5. The van der Waals surface area contributed by atoms with Crippen LogP contribution >= 0.6 is 0 Å². The standard InChI is InChI=1S/C19H25N3O4/c1-4-5-15-11-16(26-21-15)12-20-19(23)22(3)13(2)14-6-7-17-18(10-14)25-9-8-24-17/h6-7,10-11,13H,4-5,8-9,12H2,1-3H3,(H,20,23)/t13-/m1/s1. The van der Waals surface area contributed by atoms with Crippen molar-refractivity contribution in [1.29, 1.82) is 0 Å². The van der Waals surface area contributed by atoms with Gasteiger partial charge in [-0.25, -0.2) is 4.79 Å². The lowest BCUT2D eigenvalue weighted by Crippen LogP contribution is -2.38. The third-order valence-corrected chi connectivity index (χ3v) is 4.48. The highest BCUT2D eigenvalue weighted by molar-refractivity contribution is 5.74. The summed E-state index contributed by atoms with van der Waals surface area (Å²) in [6.45, 7) is 5.47. The van der Waals surface area contributed by atoms with E-state index in [2.05, 4.69) is 17.4 Å². The Morgan fingerprint density at radius 2 is 2.04 bits per heavy atom. The summed E-state index contributed by atoms with van der Waals surface area (Å²) < 4.78 is 16.4. The van der Waals surface area contributed by atoms with Gasteiger partial charge in [-0.2, -0.15) is 0 Å². The molecule has 140 valence electrons. The maximum Gasteiger partial charge on any atom is 0.318 e. The van der Waals surface area contributed by atoms with Crippen molar-refractivity contribution in [2.24, 2.45) is 0 Å². The van der Waals surface area contributed by atoms with Crippen molar-refractivity contribution in [3.05, 3.63) is 41.3 Å². The topological polar surface area (TPSA) is 76.8 Å². The molecule has 1 aromatic carbocycles. The quantitative estimate of drug-likeness (QED) is 0.856. The molecule has 0 spiro atoms. The molecule has 0 saturated heterocycles. The van der Waals surface area contributed by atoms with Gasteiger partial charge in [-0.15, -0.1) is 0 Å². The molecule has 0 aliphatic carbocycles. The van der Waals surface area contributed by atoms with E-state index in [0.717, 1.165) is 35.6 Å². The van der Waals surface area contributed by atoms with Gasteiger partial charge < -0.3 is 24.2 Å². The number of fused-ring (bicyclic) bond motifs is 1. The second kappa shape index (κ2) is 8.12. The van der Waals surface area contributed by atoms with Gasteiger partial charge in [0.1, 0.15) is 13.2 Å². The third kappa shape index (κ3) is 4.09. The van der Waals surface area contributed by atoms with Gasteiger partial charge in [0, 0.05) is 13.1 Å². The predicted octanol–water partition coefficient (Wildman–Crippen LogP) is 3.30. The lowest BCUT2D eigenvalue weighted by atomic mass is 10.1. The Bertz CT molecular complexity index is 759. The fourth-order valence-electron chi connectivity index (χ4n) is 2.82. The van der Waals surface area contributed by atoms with Crippen LogP contribution in [0.1, 0.15) is 43.3 Å². The number of aryl methyl sites for hydroxylation is 1. The summed E-state index contributed by atoms with van der Waals surface area (Å²) in [6.07, 6.45) is 1.88. The van der Waals surface area contributed by atoms with Crippen molar-refractivity contribution >= 4 is 6.03 Å². The maximum absolute atomic E-state index is 12.4. The van der Waals surface area contributed by atoms with E-state index >= 15 is 0 Å². The van der Waals surface area contributed by atoms with Crippen LogP contribution in [0, 0.1) is 0 Å². The minimum Gasteiger partial charge on any atom is -0.486 e. The highest BCUT2D eigenvalue weighted by Gasteiger charge is 2.20.